The lowest BCUT2D eigenvalue weighted by Gasteiger charge is -2.26. The van der Waals surface area contributed by atoms with Gasteiger partial charge >= 0.3 is 6.09 Å². The molecule has 1 fully saturated rings. The van der Waals surface area contributed by atoms with E-state index in [4.69, 9.17) is 4.74 Å². The van der Waals surface area contributed by atoms with Crippen LogP contribution in [0.3, 0.4) is 0 Å². The molecule has 1 aromatic carbocycles. The minimum absolute atomic E-state index is 0.0148. The molecule has 1 heterocycles. The minimum atomic E-state index is -1.29. The Balaban J connectivity index is 2.19. The van der Waals surface area contributed by atoms with Crippen molar-refractivity contribution < 1.29 is 27.8 Å². The lowest BCUT2D eigenvalue weighted by molar-refractivity contribution is -0.0128. The third kappa shape index (κ3) is 3.52. The van der Waals surface area contributed by atoms with Gasteiger partial charge in [0, 0.05) is 24.9 Å². The van der Waals surface area contributed by atoms with Crippen molar-refractivity contribution in [2.75, 3.05) is 6.54 Å². The van der Waals surface area contributed by atoms with E-state index in [1.165, 1.54) is 0 Å². The number of amides is 1. The zero-order chi connectivity index (χ0) is 16.7. The van der Waals surface area contributed by atoms with Crippen LogP contribution in [0.1, 0.15) is 38.7 Å². The number of carbonyl (C=O) groups is 1. The van der Waals surface area contributed by atoms with Crippen molar-refractivity contribution in [1.29, 1.82) is 0 Å². The quantitative estimate of drug-likeness (QED) is 0.810. The standard InChI is InChI=1S/C15H18F3NO3/c1-15(2,3)22-14(21)19-7-8(4-12(19)20)10-5-9(16)6-11(17)13(10)18/h5-6,8,12,20H,4,7H2,1-3H3/t8-,12?/m0/s1. The van der Waals surface area contributed by atoms with E-state index in [0.717, 1.165) is 11.0 Å². The summed E-state index contributed by atoms with van der Waals surface area (Å²) in [5.74, 6) is -4.06. The van der Waals surface area contributed by atoms with Crippen LogP contribution < -0.4 is 0 Å². The highest BCUT2D eigenvalue weighted by atomic mass is 19.2. The SMILES string of the molecule is CC(C)(C)OC(=O)N1C[C@@H](c2cc(F)cc(F)c2F)CC1O. The molecular weight excluding hydrogens is 299 g/mol. The number of ether oxygens (including phenoxy) is 1. The molecule has 0 saturated carbocycles. The molecule has 0 spiro atoms. The molecule has 1 aromatic rings. The number of hydrogen-bond donors (Lipinski definition) is 1. The van der Waals surface area contributed by atoms with E-state index in [-0.39, 0.29) is 18.5 Å². The molecule has 7 heteroatoms. The van der Waals surface area contributed by atoms with Crippen molar-refractivity contribution in [3.05, 3.63) is 35.1 Å². The molecule has 0 aliphatic carbocycles. The lowest BCUT2D eigenvalue weighted by Crippen LogP contribution is -2.39. The van der Waals surface area contributed by atoms with Crippen LogP contribution in [0.5, 0.6) is 0 Å². The molecule has 1 unspecified atom stereocenters. The molecule has 2 atom stereocenters. The van der Waals surface area contributed by atoms with Gasteiger partial charge in [-0.15, -0.1) is 0 Å². The molecule has 0 aromatic heterocycles. The molecule has 1 amide bonds. The number of halogens is 3. The maximum atomic E-state index is 13.8. The lowest BCUT2D eigenvalue weighted by atomic mass is 9.97. The Labute approximate surface area is 126 Å². The topological polar surface area (TPSA) is 49.8 Å². The van der Waals surface area contributed by atoms with Crippen LogP contribution in [0.25, 0.3) is 0 Å². The smallest absolute Gasteiger partial charge is 0.412 e. The molecule has 2 rings (SSSR count). The number of likely N-dealkylation sites (tertiary alicyclic amines) is 1. The van der Waals surface area contributed by atoms with Gasteiger partial charge < -0.3 is 9.84 Å². The molecule has 1 saturated heterocycles. The number of nitrogens with zero attached hydrogens (tertiary/aromatic N) is 1. The molecule has 4 nitrogen and oxygen atoms in total. The van der Waals surface area contributed by atoms with Gasteiger partial charge in [-0.3, -0.25) is 4.90 Å². The van der Waals surface area contributed by atoms with Crippen LogP contribution in [0.2, 0.25) is 0 Å². The van der Waals surface area contributed by atoms with Gasteiger partial charge in [0.05, 0.1) is 0 Å². The van der Waals surface area contributed by atoms with Crippen molar-refractivity contribution in [2.24, 2.45) is 0 Å². The second kappa shape index (κ2) is 5.79. The molecule has 1 N–H and O–H groups in total. The highest BCUT2D eigenvalue weighted by molar-refractivity contribution is 5.69. The van der Waals surface area contributed by atoms with Gasteiger partial charge in [-0.2, -0.15) is 0 Å². The van der Waals surface area contributed by atoms with Gasteiger partial charge in [0.15, 0.2) is 11.6 Å². The van der Waals surface area contributed by atoms with Crippen molar-refractivity contribution in [1.82, 2.24) is 4.90 Å². The highest BCUT2D eigenvalue weighted by Crippen LogP contribution is 2.34. The van der Waals surface area contributed by atoms with Crippen LogP contribution >= 0.6 is 0 Å². The van der Waals surface area contributed by atoms with Crippen molar-refractivity contribution in [3.63, 3.8) is 0 Å². The first kappa shape index (κ1) is 16.6. The molecule has 122 valence electrons. The molecule has 0 radical (unpaired) electrons. The number of benzene rings is 1. The van der Waals surface area contributed by atoms with Crippen molar-refractivity contribution >= 4 is 6.09 Å². The van der Waals surface area contributed by atoms with E-state index in [1.54, 1.807) is 20.8 Å². The monoisotopic (exact) mass is 317 g/mol. The Morgan fingerprint density at radius 1 is 1.32 bits per heavy atom. The fourth-order valence-corrected chi connectivity index (χ4v) is 2.43. The maximum Gasteiger partial charge on any atom is 0.412 e. The first-order valence-electron chi connectivity index (χ1n) is 6.90. The van der Waals surface area contributed by atoms with E-state index < -0.39 is 41.3 Å². The third-order valence-electron chi connectivity index (χ3n) is 3.36. The molecule has 1 aliphatic heterocycles. The summed E-state index contributed by atoms with van der Waals surface area (Å²) in [6, 6.07) is 1.34. The summed E-state index contributed by atoms with van der Waals surface area (Å²) in [5.41, 5.74) is -0.937. The van der Waals surface area contributed by atoms with E-state index >= 15 is 0 Å². The summed E-state index contributed by atoms with van der Waals surface area (Å²) >= 11 is 0. The summed E-state index contributed by atoms with van der Waals surface area (Å²) in [7, 11) is 0. The number of aliphatic hydroxyl groups excluding tert-OH is 1. The average Bonchev–Trinajstić information content (AvgIpc) is 2.73. The Morgan fingerprint density at radius 3 is 2.55 bits per heavy atom. The first-order chi connectivity index (χ1) is 10.1. The highest BCUT2D eigenvalue weighted by Gasteiger charge is 2.38. The number of aliphatic hydroxyl groups is 1. The molecule has 22 heavy (non-hydrogen) atoms. The normalized spacial score (nSPS) is 22.0. The van der Waals surface area contributed by atoms with Crippen LogP contribution in [-0.2, 0) is 4.74 Å². The Hall–Kier alpha value is -1.76. The number of rotatable bonds is 1. The van der Waals surface area contributed by atoms with Crippen LogP contribution in [0.15, 0.2) is 12.1 Å². The van der Waals surface area contributed by atoms with E-state index in [9.17, 15) is 23.1 Å². The summed E-state index contributed by atoms with van der Waals surface area (Å²) in [5, 5.41) is 9.93. The average molecular weight is 317 g/mol. The van der Waals surface area contributed by atoms with E-state index in [2.05, 4.69) is 0 Å². The third-order valence-corrected chi connectivity index (χ3v) is 3.36. The molecule has 0 bridgehead atoms. The molecule has 1 aliphatic rings. The largest absolute Gasteiger partial charge is 0.444 e. The Morgan fingerprint density at radius 2 is 1.95 bits per heavy atom. The maximum absolute atomic E-state index is 13.8. The van der Waals surface area contributed by atoms with Gasteiger partial charge in [0.25, 0.3) is 0 Å². The van der Waals surface area contributed by atoms with E-state index in [1.807, 2.05) is 0 Å². The minimum Gasteiger partial charge on any atom is -0.444 e. The number of hydrogen-bond acceptors (Lipinski definition) is 3. The van der Waals surface area contributed by atoms with E-state index in [0.29, 0.717) is 6.07 Å². The van der Waals surface area contributed by atoms with Crippen LogP contribution in [-0.4, -0.2) is 34.5 Å². The summed E-state index contributed by atoms with van der Waals surface area (Å²) in [6.45, 7) is 4.95. The van der Waals surface area contributed by atoms with Crippen molar-refractivity contribution in [3.8, 4) is 0 Å². The summed E-state index contributed by atoms with van der Waals surface area (Å²) in [4.78, 5) is 13.0. The zero-order valence-corrected chi connectivity index (χ0v) is 12.6. The van der Waals surface area contributed by atoms with Gasteiger partial charge in [-0.05, 0) is 32.4 Å². The summed E-state index contributed by atoms with van der Waals surface area (Å²) < 4.78 is 45.5. The van der Waals surface area contributed by atoms with Gasteiger partial charge in [-0.1, -0.05) is 0 Å². The molecular formula is C15H18F3NO3. The first-order valence-corrected chi connectivity index (χ1v) is 6.90. The van der Waals surface area contributed by atoms with Crippen molar-refractivity contribution in [2.45, 2.75) is 44.9 Å². The second-order valence-corrected chi connectivity index (χ2v) is 6.34. The predicted molar refractivity (Wildman–Crippen MR) is 72.6 cm³/mol. The zero-order valence-electron chi connectivity index (χ0n) is 12.6. The predicted octanol–water partition coefficient (Wildman–Crippen LogP) is 3.15. The fourth-order valence-electron chi connectivity index (χ4n) is 2.43. The number of carbonyl (C=O) groups excluding carboxylic acids is 1. The van der Waals surface area contributed by atoms with Crippen LogP contribution in [0.4, 0.5) is 18.0 Å². The second-order valence-electron chi connectivity index (χ2n) is 6.34. The Kier molecular flexibility index (Phi) is 4.37. The van der Waals surface area contributed by atoms with Gasteiger partial charge in [0.1, 0.15) is 17.6 Å². The summed E-state index contributed by atoms with van der Waals surface area (Å²) in [6.07, 6.45) is -1.95. The van der Waals surface area contributed by atoms with Crippen LogP contribution in [0, 0.1) is 17.5 Å². The Bertz CT molecular complexity index is 586. The fraction of sp³-hybridized carbons (Fsp3) is 0.533. The van der Waals surface area contributed by atoms with Gasteiger partial charge in [0.2, 0.25) is 0 Å². The van der Waals surface area contributed by atoms with Gasteiger partial charge in [-0.25, -0.2) is 18.0 Å².